The van der Waals surface area contributed by atoms with E-state index < -0.39 is 11.7 Å². The van der Waals surface area contributed by atoms with Gasteiger partial charge in [0.25, 0.3) is 0 Å². The molecule has 6 heteroatoms. The van der Waals surface area contributed by atoms with Crippen LogP contribution in [0.4, 0.5) is 10.1 Å². The number of carbonyl (C=O) groups is 1. The lowest BCUT2D eigenvalue weighted by atomic mass is 10.0. The van der Waals surface area contributed by atoms with E-state index in [4.69, 9.17) is 22.3 Å². The smallest absolute Gasteiger partial charge is 0.248 e. The van der Waals surface area contributed by atoms with Crippen LogP contribution in [-0.4, -0.2) is 11.6 Å². The summed E-state index contributed by atoms with van der Waals surface area (Å²) >= 11 is 7.36. The molecule has 0 bridgehead atoms. The Bertz CT molecular complexity index is 1080. The number of fused-ring (bicyclic) bond motifs is 2. The number of halogens is 2. The van der Waals surface area contributed by atoms with Crippen molar-refractivity contribution in [1.29, 1.82) is 0 Å². The van der Waals surface area contributed by atoms with Crippen LogP contribution in [-0.2, 0) is 0 Å². The van der Waals surface area contributed by atoms with Gasteiger partial charge in [0, 0.05) is 26.5 Å². The molecule has 0 aromatic heterocycles. The molecule has 0 atom stereocenters. The normalized spacial score (nSPS) is 12.6. The fraction of sp³-hybridized carbons (Fsp3) is 0. The van der Waals surface area contributed by atoms with Gasteiger partial charge in [-0.3, -0.25) is 4.79 Å². The summed E-state index contributed by atoms with van der Waals surface area (Å²) in [6.07, 6.45) is 0. The maximum Gasteiger partial charge on any atom is 0.248 e. The number of aliphatic imine (C=N–C) groups is 1. The van der Waals surface area contributed by atoms with Crippen molar-refractivity contribution < 1.29 is 9.18 Å². The topological polar surface area (TPSA) is 55.5 Å². The summed E-state index contributed by atoms with van der Waals surface area (Å²) in [4.78, 5) is 18.2. The van der Waals surface area contributed by atoms with Crippen LogP contribution in [0, 0.1) is 5.82 Å². The molecule has 26 heavy (non-hydrogen) atoms. The van der Waals surface area contributed by atoms with Crippen molar-refractivity contribution in [2.75, 3.05) is 0 Å². The van der Waals surface area contributed by atoms with Crippen molar-refractivity contribution >= 4 is 40.7 Å². The van der Waals surface area contributed by atoms with Crippen molar-refractivity contribution in [3.05, 3.63) is 88.2 Å². The first kappa shape index (κ1) is 16.8. The van der Waals surface area contributed by atoms with Crippen LogP contribution < -0.4 is 5.73 Å². The molecular formula is C20H12ClFN2OS. The van der Waals surface area contributed by atoms with E-state index in [1.807, 2.05) is 30.3 Å². The van der Waals surface area contributed by atoms with Crippen LogP contribution in [0.15, 0.2) is 75.4 Å². The Morgan fingerprint density at radius 1 is 1.04 bits per heavy atom. The SMILES string of the molecule is NC(=O)c1ccc2c(c1)N=C(c1ccc(Cl)c(F)c1)c1ccccc1S2. The van der Waals surface area contributed by atoms with E-state index in [1.165, 1.54) is 12.1 Å². The van der Waals surface area contributed by atoms with Crippen LogP contribution in [0.5, 0.6) is 0 Å². The highest BCUT2D eigenvalue weighted by atomic mass is 35.5. The number of nitrogens with zero attached hydrogens (tertiary/aromatic N) is 1. The summed E-state index contributed by atoms with van der Waals surface area (Å²) < 4.78 is 14.0. The summed E-state index contributed by atoms with van der Waals surface area (Å²) in [5, 5.41) is 0.0575. The summed E-state index contributed by atoms with van der Waals surface area (Å²) in [5.41, 5.74) is 8.50. The van der Waals surface area contributed by atoms with Crippen molar-refractivity contribution in [3.8, 4) is 0 Å². The molecule has 0 fully saturated rings. The molecule has 0 spiro atoms. The zero-order valence-corrected chi connectivity index (χ0v) is 14.9. The minimum atomic E-state index is -0.520. The van der Waals surface area contributed by atoms with Crippen LogP contribution in [0.2, 0.25) is 5.02 Å². The minimum Gasteiger partial charge on any atom is -0.366 e. The van der Waals surface area contributed by atoms with Gasteiger partial charge < -0.3 is 5.73 Å². The molecule has 1 heterocycles. The fourth-order valence-electron chi connectivity index (χ4n) is 2.76. The molecular weight excluding hydrogens is 371 g/mol. The Labute approximate surface area is 158 Å². The summed E-state index contributed by atoms with van der Waals surface area (Å²) in [7, 11) is 0. The number of nitrogens with two attached hydrogens (primary N) is 1. The summed E-state index contributed by atoms with van der Waals surface area (Å²) in [5.74, 6) is -1.03. The molecule has 4 rings (SSSR count). The Kier molecular flexibility index (Phi) is 4.26. The average Bonchev–Trinajstić information content (AvgIpc) is 2.80. The van der Waals surface area contributed by atoms with Crippen molar-refractivity contribution in [1.82, 2.24) is 0 Å². The second kappa shape index (κ2) is 6.59. The lowest BCUT2D eigenvalue weighted by Crippen LogP contribution is -2.10. The molecule has 3 nitrogen and oxygen atoms in total. The Morgan fingerprint density at radius 2 is 1.85 bits per heavy atom. The number of hydrogen-bond donors (Lipinski definition) is 1. The van der Waals surface area contributed by atoms with Gasteiger partial charge in [0.2, 0.25) is 5.91 Å². The maximum atomic E-state index is 14.0. The van der Waals surface area contributed by atoms with Gasteiger partial charge in [-0.2, -0.15) is 0 Å². The maximum absolute atomic E-state index is 14.0. The van der Waals surface area contributed by atoms with Gasteiger partial charge >= 0.3 is 0 Å². The van der Waals surface area contributed by atoms with E-state index in [-0.39, 0.29) is 5.02 Å². The number of hydrogen-bond acceptors (Lipinski definition) is 3. The molecule has 0 unspecified atom stereocenters. The standard InChI is InChI=1S/C20H12ClFN2OS/c21-14-7-5-11(9-15(14)22)19-13-3-1-2-4-17(13)26-18-8-6-12(20(23)25)10-16(18)24-19/h1-10H,(H2,23,25). The molecule has 3 aromatic rings. The molecule has 0 saturated carbocycles. The third-order valence-electron chi connectivity index (χ3n) is 4.03. The lowest BCUT2D eigenvalue weighted by molar-refractivity contribution is 0.1000. The quantitative estimate of drug-likeness (QED) is 0.517. The third-order valence-corrected chi connectivity index (χ3v) is 5.48. The molecule has 1 aliphatic heterocycles. The van der Waals surface area contributed by atoms with E-state index in [2.05, 4.69) is 0 Å². The Morgan fingerprint density at radius 3 is 2.62 bits per heavy atom. The molecule has 2 N–H and O–H groups in total. The first-order valence-electron chi connectivity index (χ1n) is 7.78. The molecule has 0 saturated heterocycles. The number of rotatable bonds is 2. The van der Waals surface area contributed by atoms with E-state index in [1.54, 1.807) is 30.0 Å². The lowest BCUT2D eigenvalue weighted by Gasteiger charge is -2.09. The zero-order chi connectivity index (χ0) is 18.3. The van der Waals surface area contributed by atoms with E-state index in [9.17, 15) is 9.18 Å². The number of primary amides is 1. The van der Waals surface area contributed by atoms with Gasteiger partial charge in [0.15, 0.2) is 0 Å². The van der Waals surface area contributed by atoms with Gasteiger partial charge in [-0.1, -0.05) is 47.6 Å². The van der Waals surface area contributed by atoms with Gasteiger partial charge in [-0.15, -0.1) is 0 Å². The third kappa shape index (κ3) is 3.00. The van der Waals surface area contributed by atoms with Gasteiger partial charge in [-0.25, -0.2) is 9.38 Å². The summed E-state index contributed by atoms with van der Waals surface area (Å²) in [6.45, 7) is 0. The van der Waals surface area contributed by atoms with Gasteiger partial charge in [0.05, 0.1) is 16.4 Å². The molecule has 128 valence electrons. The summed E-state index contributed by atoms with van der Waals surface area (Å²) in [6, 6.07) is 17.5. The second-order valence-corrected chi connectivity index (χ2v) is 7.23. The first-order chi connectivity index (χ1) is 12.5. The number of carbonyl (C=O) groups excluding carboxylic acids is 1. The Hall–Kier alpha value is -2.63. The monoisotopic (exact) mass is 382 g/mol. The van der Waals surface area contributed by atoms with Crippen molar-refractivity contribution in [3.63, 3.8) is 0 Å². The molecule has 3 aromatic carbocycles. The molecule has 1 aliphatic rings. The highest BCUT2D eigenvalue weighted by Gasteiger charge is 2.20. The van der Waals surface area contributed by atoms with Crippen LogP contribution in [0.25, 0.3) is 0 Å². The number of benzene rings is 3. The largest absolute Gasteiger partial charge is 0.366 e. The van der Waals surface area contributed by atoms with Crippen LogP contribution in [0.3, 0.4) is 0 Å². The van der Waals surface area contributed by atoms with Crippen molar-refractivity contribution in [2.24, 2.45) is 10.7 Å². The Balaban J connectivity index is 1.98. The molecule has 1 amide bonds. The van der Waals surface area contributed by atoms with E-state index in [0.717, 1.165) is 15.4 Å². The highest BCUT2D eigenvalue weighted by Crippen LogP contribution is 2.41. The van der Waals surface area contributed by atoms with Gasteiger partial charge in [0.1, 0.15) is 5.82 Å². The number of amides is 1. The minimum absolute atomic E-state index is 0.0575. The zero-order valence-electron chi connectivity index (χ0n) is 13.4. The molecule has 0 aliphatic carbocycles. The predicted octanol–water partition coefficient (Wildman–Crippen LogP) is 5.21. The highest BCUT2D eigenvalue weighted by molar-refractivity contribution is 7.99. The predicted molar refractivity (Wildman–Crippen MR) is 102 cm³/mol. The average molecular weight is 383 g/mol. The van der Waals surface area contributed by atoms with Gasteiger partial charge in [-0.05, 0) is 36.4 Å². The van der Waals surface area contributed by atoms with Crippen LogP contribution >= 0.6 is 23.4 Å². The second-order valence-electron chi connectivity index (χ2n) is 5.73. The van der Waals surface area contributed by atoms with Crippen LogP contribution in [0.1, 0.15) is 21.5 Å². The van der Waals surface area contributed by atoms with E-state index in [0.29, 0.717) is 22.5 Å². The fourth-order valence-corrected chi connectivity index (χ4v) is 3.88. The molecule has 0 radical (unpaired) electrons. The van der Waals surface area contributed by atoms with Crippen molar-refractivity contribution in [2.45, 2.75) is 9.79 Å². The van der Waals surface area contributed by atoms with E-state index >= 15 is 0 Å². The first-order valence-corrected chi connectivity index (χ1v) is 8.97.